The number of morpholine rings is 2. The lowest BCUT2D eigenvalue weighted by molar-refractivity contribution is -0.282. The molecule has 1 unspecified atom stereocenters. The summed E-state index contributed by atoms with van der Waals surface area (Å²) in [5, 5.41) is 3.75. The average Bonchev–Trinajstić information content (AvgIpc) is 3.29. The molecule has 0 radical (unpaired) electrons. The smallest absolute Gasteiger partial charge is 0.292 e. The summed E-state index contributed by atoms with van der Waals surface area (Å²) in [6.45, 7) is 5.23. The Labute approximate surface area is 155 Å². The highest BCUT2D eigenvalue weighted by Gasteiger charge is 2.45. The van der Waals surface area contributed by atoms with E-state index in [2.05, 4.69) is 10.1 Å². The van der Waals surface area contributed by atoms with Gasteiger partial charge in [0.25, 0.3) is 11.8 Å². The Balaban J connectivity index is 1.49. The molecule has 144 valence electrons. The Bertz CT molecular complexity index is 857. The molecule has 0 bridgehead atoms. The van der Waals surface area contributed by atoms with Crippen LogP contribution in [-0.2, 0) is 9.47 Å². The lowest BCUT2D eigenvalue weighted by Gasteiger charge is -2.46. The first-order valence-corrected chi connectivity index (χ1v) is 8.67. The first-order chi connectivity index (χ1) is 13.0. The van der Waals surface area contributed by atoms with Crippen LogP contribution >= 0.6 is 0 Å². The van der Waals surface area contributed by atoms with Gasteiger partial charge in [-0.3, -0.25) is 9.59 Å². The summed E-state index contributed by atoms with van der Waals surface area (Å²) in [5.74, 6) is -1.26. The van der Waals surface area contributed by atoms with E-state index >= 15 is 0 Å². The summed E-state index contributed by atoms with van der Waals surface area (Å²) in [7, 11) is 0. The van der Waals surface area contributed by atoms with E-state index in [1.54, 1.807) is 29.7 Å². The van der Waals surface area contributed by atoms with Crippen molar-refractivity contribution in [2.45, 2.75) is 19.6 Å². The van der Waals surface area contributed by atoms with Crippen molar-refractivity contribution < 1.29 is 28.0 Å². The van der Waals surface area contributed by atoms with Crippen LogP contribution < -0.4 is 0 Å². The first kappa shape index (κ1) is 17.7. The lowest BCUT2D eigenvalue weighted by Crippen LogP contribution is -2.63. The molecule has 2 aliphatic heterocycles. The molecule has 10 heteroatoms. The maximum atomic E-state index is 12.7. The fourth-order valence-corrected chi connectivity index (χ4v) is 3.32. The van der Waals surface area contributed by atoms with E-state index < -0.39 is 5.79 Å². The van der Waals surface area contributed by atoms with Gasteiger partial charge in [0.2, 0.25) is 17.3 Å². The number of amides is 2. The van der Waals surface area contributed by atoms with Crippen molar-refractivity contribution in [3.05, 3.63) is 35.4 Å². The number of hydrogen-bond acceptors (Lipinski definition) is 8. The van der Waals surface area contributed by atoms with Gasteiger partial charge < -0.3 is 28.2 Å². The molecule has 2 aliphatic rings. The Hall–Kier alpha value is -2.72. The molecule has 0 aliphatic carbocycles. The number of nitrogens with zero attached hydrogens (tertiary/aromatic N) is 4. The maximum Gasteiger partial charge on any atom is 0.292 e. The van der Waals surface area contributed by atoms with Crippen molar-refractivity contribution in [1.29, 1.82) is 0 Å². The molecule has 2 saturated heterocycles. The van der Waals surface area contributed by atoms with Crippen LogP contribution in [-0.4, -0.2) is 76.9 Å². The van der Waals surface area contributed by atoms with Gasteiger partial charge in [0.15, 0.2) is 6.39 Å². The number of aryl methyl sites for hydroxylation is 2. The Morgan fingerprint density at radius 1 is 1.07 bits per heavy atom. The second kappa shape index (κ2) is 6.78. The first-order valence-electron chi connectivity index (χ1n) is 8.67. The van der Waals surface area contributed by atoms with Gasteiger partial charge in [-0.15, -0.1) is 0 Å². The van der Waals surface area contributed by atoms with Crippen molar-refractivity contribution in [2.24, 2.45) is 0 Å². The number of rotatable bonds is 2. The molecule has 10 nitrogen and oxygen atoms in total. The standard InChI is InChI=1S/C17H20N4O6/c1-11-7-13(27-19-11)15(22)20-3-5-25-17(8-20)9-21(4-6-26-17)16(23)14-12(2)18-10-24-14/h7,10H,3-6,8-9H2,1-2H3. The van der Waals surface area contributed by atoms with Gasteiger partial charge in [0.05, 0.1) is 37.7 Å². The van der Waals surface area contributed by atoms with Crippen molar-refractivity contribution in [2.75, 3.05) is 39.4 Å². The second-order valence-corrected chi connectivity index (χ2v) is 6.66. The highest BCUT2D eigenvalue weighted by Crippen LogP contribution is 2.27. The third-order valence-corrected chi connectivity index (χ3v) is 4.67. The highest BCUT2D eigenvalue weighted by atomic mass is 16.7. The summed E-state index contributed by atoms with van der Waals surface area (Å²) in [5.41, 5.74) is 1.16. The molecule has 27 heavy (non-hydrogen) atoms. The van der Waals surface area contributed by atoms with E-state index in [9.17, 15) is 9.59 Å². The van der Waals surface area contributed by atoms with Crippen molar-refractivity contribution in [3.63, 3.8) is 0 Å². The number of carbonyl (C=O) groups excluding carboxylic acids is 2. The molecule has 2 aromatic rings. The zero-order valence-electron chi connectivity index (χ0n) is 15.1. The molecule has 2 fully saturated rings. The highest BCUT2D eigenvalue weighted by molar-refractivity contribution is 5.93. The fourth-order valence-electron chi connectivity index (χ4n) is 3.32. The van der Waals surface area contributed by atoms with Crippen molar-refractivity contribution in [3.8, 4) is 0 Å². The quantitative estimate of drug-likeness (QED) is 0.750. The minimum absolute atomic E-state index is 0.172. The van der Waals surface area contributed by atoms with Gasteiger partial charge in [-0.25, -0.2) is 4.98 Å². The Morgan fingerprint density at radius 3 is 2.30 bits per heavy atom. The summed E-state index contributed by atoms with van der Waals surface area (Å²) < 4.78 is 22.0. The topological polar surface area (TPSA) is 111 Å². The summed E-state index contributed by atoms with van der Waals surface area (Å²) in [4.78, 5) is 32.5. The van der Waals surface area contributed by atoms with E-state index in [1.165, 1.54) is 6.39 Å². The van der Waals surface area contributed by atoms with Crippen molar-refractivity contribution in [1.82, 2.24) is 19.9 Å². The Kier molecular flexibility index (Phi) is 4.44. The lowest BCUT2D eigenvalue weighted by atomic mass is 10.1. The molecule has 0 saturated carbocycles. The zero-order valence-corrected chi connectivity index (χ0v) is 15.1. The molecule has 0 aromatic carbocycles. The number of aromatic nitrogens is 2. The minimum atomic E-state index is -1.08. The van der Waals surface area contributed by atoms with Gasteiger partial charge in [-0.05, 0) is 13.8 Å². The Morgan fingerprint density at radius 2 is 1.74 bits per heavy atom. The second-order valence-electron chi connectivity index (χ2n) is 6.66. The fraction of sp³-hybridized carbons (Fsp3) is 0.529. The molecule has 1 spiro atoms. The summed E-state index contributed by atoms with van der Waals surface area (Å²) in [6, 6.07) is 1.59. The number of oxazole rings is 1. The predicted octanol–water partition coefficient (Wildman–Crippen LogP) is 0.621. The minimum Gasteiger partial charge on any atom is -0.438 e. The number of hydrogen-bond donors (Lipinski definition) is 0. The predicted molar refractivity (Wildman–Crippen MR) is 88.9 cm³/mol. The largest absolute Gasteiger partial charge is 0.438 e. The normalized spacial score (nSPS) is 23.0. The van der Waals surface area contributed by atoms with E-state index in [1.807, 2.05) is 0 Å². The van der Waals surface area contributed by atoms with E-state index in [0.29, 0.717) is 37.7 Å². The summed E-state index contributed by atoms with van der Waals surface area (Å²) in [6.07, 6.45) is 1.25. The van der Waals surface area contributed by atoms with Crippen LogP contribution in [0.5, 0.6) is 0 Å². The van der Waals surface area contributed by atoms with E-state index in [-0.39, 0.29) is 36.4 Å². The maximum absolute atomic E-state index is 12.7. The molecular formula is C17H20N4O6. The molecular weight excluding hydrogens is 356 g/mol. The van der Waals surface area contributed by atoms with Gasteiger partial charge in [0.1, 0.15) is 0 Å². The number of carbonyl (C=O) groups is 2. The van der Waals surface area contributed by atoms with Crippen LogP contribution in [0.3, 0.4) is 0 Å². The van der Waals surface area contributed by atoms with E-state index in [4.69, 9.17) is 18.4 Å². The van der Waals surface area contributed by atoms with Crippen LogP contribution in [0.1, 0.15) is 32.5 Å². The SMILES string of the molecule is Cc1cc(C(=O)N2CCOC3(C2)CN(C(=O)c2ocnc2C)CCO3)on1. The molecule has 0 N–H and O–H groups in total. The van der Waals surface area contributed by atoms with Crippen LogP contribution in [0.2, 0.25) is 0 Å². The van der Waals surface area contributed by atoms with Crippen LogP contribution in [0.25, 0.3) is 0 Å². The molecule has 4 heterocycles. The molecule has 1 atom stereocenters. The van der Waals surface area contributed by atoms with Gasteiger partial charge >= 0.3 is 0 Å². The third kappa shape index (κ3) is 3.33. The summed E-state index contributed by atoms with van der Waals surface area (Å²) >= 11 is 0. The van der Waals surface area contributed by atoms with Gasteiger partial charge in [-0.2, -0.15) is 0 Å². The zero-order chi connectivity index (χ0) is 19.0. The number of ether oxygens (including phenoxy) is 2. The van der Waals surface area contributed by atoms with Crippen LogP contribution in [0.4, 0.5) is 0 Å². The van der Waals surface area contributed by atoms with Crippen LogP contribution in [0.15, 0.2) is 21.4 Å². The molecule has 4 rings (SSSR count). The third-order valence-electron chi connectivity index (χ3n) is 4.67. The van der Waals surface area contributed by atoms with Gasteiger partial charge in [0, 0.05) is 19.2 Å². The molecule has 2 aromatic heterocycles. The van der Waals surface area contributed by atoms with Crippen molar-refractivity contribution >= 4 is 11.8 Å². The molecule has 2 amide bonds. The monoisotopic (exact) mass is 376 g/mol. The van der Waals surface area contributed by atoms with Gasteiger partial charge in [-0.1, -0.05) is 5.16 Å². The van der Waals surface area contributed by atoms with Crippen LogP contribution in [0, 0.1) is 13.8 Å². The van der Waals surface area contributed by atoms with E-state index in [0.717, 1.165) is 0 Å². The average molecular weight is 376 g/mol.